The summed E-state index contributed by atoms with van der Waals surface area (Å²) in [4.78, 5) is 0. The van der Waals surface area contributed by atoms with Crippen LogP contribution in [0.4, 0.5) is 5.69 Å². The number of nitrogens with zero attached hydrogens (tertiary/aromatic N) is 2. The molecule has 0 bridgehead atoms. The summed E-state index contributed by atoms with van der Waals surface area (Å²) in [5.41, 5.74) is 8.02. The van der Waals surface area contributed by atoms with Gasteiger partial charge in [0.1, 0.15) is 6.17 Å². The van der Waals surface area contributed by atoms with Crippen molar-refractivity contribution in [2.75, 3.05) is 19.5 Å². The smallest absolute Gasteiger partial charge is 0.161 e. The van der Waals surface area contributed by atoms with Crippen LogP contribution in [0.15, 0.2) is 36.4 Å². The van der Waals surface area contributed by atoms with E-state index >= 15 is 0 Å². The molecule has 0 saturated carbocycles. The number of methoxy groups -OCH3 is 2. The number of benzene rings is 2. The number of aromatic nitrogens is 2. The molecule has 0 aliphatic carbocycles. The Morgan fingerprint density at radius 3 is 2.46 bits per heavy atom. The van der Waals surface area contributed by atoms with E-state index in [1.807, 2.05) is 25.1 Å². The van der Waals surface area contributed by atoms with Crippen molar-refractivity contribution >= 4 is 5.69 Å². The molecule has 134 valence electrons. The Morgan fingerprint density at radius 2 is 1.73 bits per heavy atom. The zero-order chi connectivity index (χ0) is 18.4. The molecule has 2 aromatic carbocycles. The molecular formula is C21H23N3O2. The fraction of sp³-hybridized carbons (Fsp3) is 0.286. The van der Waals surface area contributed by atoms with Crippen molar-refractivity contribution in [3.8, 4) is 22.8 Å². The number of aryl methyl sites for hydroxylation is 3. The minimum atomic E-state index is -0.104. The molecule has 0 amide bonds. The predicted octanol–water partition coefficient (Wildman–Crippen LogP) is 4.46. The highest BCUT2D eigenvalue weighted by Gasteiger charge is 2.28. The van der Waals surface area contributed by atoms with Crippen LogP contribution in [0.25, 0.3) is 11.3 Å². The zero-order valence-corrected chi connectivity index (χ0v) is 15.8. The lowest BCUT2D eigenvalue weighted by Crippen LogP contribution is -2.26. The Hall–Kier alpha value is -2.95. The molecule has 0 saturated heterocycles. The van der Waals surface area contributed by atoms with Crippen LogP contribution in [0.1, 0.15) is 28.6 Å². The molecule has 2 heterocycles. The maximum Gasteiger partial charge on any atom is 0.161 e. The fourth-order valence-corrected chi connectivity index (χ4v) is 3.72. The predicted molar refractivity (Wildman–Crippen MR) is 103 cm³/mol. The van der Waals surface area contributed by atoms with Gasteiger partial charge >= 0.3 is 0 Å². The first-order valence-electron chi connectivity index (χ1n) is 8.68. The van der Waals surface area contributed by atoms with Crippen LogP contribution in [-0.4, -0.2) is 24.0 Å². The summed E-state index contributed by atoms with van der Waals surface area (Å²) in [6, 6.07) is 12.6. The van der Waals surface area contributed by atoms with Crippen molar-refractivity contribution in [3.05, 3.63) is 58.8 Å². The normalized spacial score (nSPS) is 15.0. The van der Waals surface area contributed by atoms with Gasteiger partial charge in [-0.05, 0) is 50.6 Å². The minimum absolute atomic E-state index is 0.104. The summed E-state index contributed by atoms with van der Waals surface area (Å²) in [6.07, 6.45) is -0.104. The van der Waals surface area contributed by atoms with E-state index < -0.39 is 0 Å². The van der Waals surface area contributed by atoms with Crippen LogP contribution in [0, 0.1) is 20.8 Å². The largest absolute Gasteiger partial charge is 0.493 e. The van der Waals surface area contributed by atoms with E-state index in [0.29, 0.717) is 5.75 Å². The lowest BCUT2D eigenvalue weighted by Gasteiger charge is -2.31. The summed E-state index contributed by atoms with van der Waals surface area (Å²) >= 11 is 0. The molecule has 1 aromatic heterocycles. The van der Waals surface area contributed by atoms with Gasteiger partial charge in [-0.15, -0.1) is 0 Å². The average molecular weight is 349 g/mol. The van der Waals surface area contributed by atoms with E-state index in [2.05, 4.69) is 42.0 Å². The van der Waals surface area contributed by atoms with E-state index in [9.17, 15) is 0 Å². The third kappa shape index (κ3) is 2.51. The second kappa shape index (κ2) is 6.09. The molecule has 3 aromatic rings. The van der Waals surface area contributed by atoms with E-state index in [1.54, 1.807) is 14.2 Å². The lowest BCUT2D eigenvalue weighted by molar-refractivity contribution is 0.354. The number of hydrogen-bond donors (Lipinski definition) is 1. The molecular weight excluding hydrogens is 326 g/mol. The highest BCUT2D eigenvalue weighted by Crippen LogP contribution is 2.42. The Bertz CT molecular complexity index is 991. The highest BCUT2D eigenvalue weighted by molar-refractivity contribution is 5.82. The SMILES string of the molecule is COc1ccc([C@H]2Nc3c(C)cc(C)cc3-c3cc(C)nn32)cc1OC. The van der Waals surface area contributed by atoms with Crippen LogP contribution in [0.5, 0.6) is 11.5 Å². The Morgan fingerprint density at radius 1 is 0.962 bits per heavy atom. The van der Waals surface area contributed by atoms with Crippen molar-refractivity contribution in [2.24, 2.45) is 0 Å². The van der Waals surface area contributed by atoms with Crippen LogP contribution < -0.4 is 14.8 Å². The summed E-state index contributed by atoms with van der Waals surface area (Å²) in [6.45, 7) is 6.30. The van der Waals surface area contributed by atoms with Gasteiger partial charge < -0.3 is 14.8 Å². The third-order valence-electron chi connectivity index (χ3n) is 4.86. The van der Waals surface area contributed by atoms with E-state index in [1.165, 1.54) is 16.7 Å². The first-order valence-corrected chi connectivity index (χ1v) is 8.68. The molecule has 0 radical (unpaired) electrons. The zero-order valence-electron chi connectivity index (χ0n) is 15.8. The van der Waals surface area contributed by atoms with Gasteiger partial charge in [-0.1, -0.05) is 17.7 Å². The van der Waals surface area contributed by atoms with Gasteiger partial charge in [0.05, 0.1) is 25.6 Å². The lowest BCUT2D eigenvalue weighted by atomic mass is 9.98. The van der Waals surface area contributed by atoms with Crippen LogP contribution in [0.3, 0.4) is 0 Å². The monoisotopic (exact) mass is 349 g/mol. The maximum absolute atomic E-state index is 5.49. The number of fused-ring (bicyclic) bond motifs is 3. The molecule has 26 heavy (non-hydrogen) atoms. The topological polar surface area (TPSA) is 48.3 Å². The number of hydrogen-bond acceptors (Lipinski definition) is 4. The average Bonchev–Trinajstić information content (AvgIpc) is 3.02. The molecule has 1 atom stereocenters. The van der Waals surface area contributed by atoms with Crippen molar-refractivity contribution in [2.45, 2.75) is 26.9 Å². The molecule has 1 aliphatic rings. The first-order chi connectivity index (χ1) is 12.5. The van der Waals surface area contributed by atoms with Crippen LogP contribution >= 0.6 is 0 Å². The second-order valence-corrected chi connectivity index (χ2v) is 6.78. The highest BCUT2D eigenvalue weighted by atomic mass is 16.5. The van der Waals surface area contributed by atoms with Gasteiger partial charge in [0.25, 0.3) is 0 Å². The number of nitrogens with one attached hydrogen (secondary N) is 1. The van der Waals surface area contributed by atoms with Crippen molar-refractivity contribution in [1.29, 1.82) is 0 Å². The Labute approximate surface area is 153 Å². The number of ether oxygens (including phenoxy) is 2. The van der Waals surface area contributed by atoms with Crippen LogP contribution in [-0.2, 0) is 0 Å². The van der Waals surface area contributed by atoms with Crippen LogP contribution in [0.2, 0.25) is 0 Å². The molecule has 0 spiro atoms. The van der Waals surface area contributed by atoms with E-state index in [4.69, 9.17) is 14.6 Å². The molecule has 1 N–H and O–H groups in total. The quantitative estimate of drug-likeness (QED) is 0.758. The molecule has 5 nitrogen and oxygen atoms in total. The number of anilines is 1. The molecule has 4 rings (SSSR count). The van der Waals surface area contributed by atoms with E-state index in [-0.39, 0.29) is 6.17 Å². The summed E-state index contributed by atoms with van der Waals surface area (Å²) < 4.78 is 12.9. The van der Waals surface area contributed by atoms with Gasteiger partial charge in [0.2, 0.25) is 0 Å². The first kappa shape index (κ1) is 16.5. The third-order valence-corrected chi connectivity index (χ3v) is 4.86. The van der Waals surface area contributed by atoms with Crippen molar-refractivity contribution in [1.82, 2.24) is 9.78 Å². The van der Waals surface area contributed by atoms with Gasteiger partial charge in [-0.2, -0.15) is 5.10 Å². The van der Waals surface area contributed by atoms with Gasteiger partial charge in [-0.25, -0.2) is 4.68 Å². The van der Waals surface area contributed by atoms with E-state index in [0.717, 1.165) is 28.4 Å². The molecule has 5 heteroatoms. The summed E-state index contributed by atoms with van der Waals surface area (Å²) in [5, 5.41) is 8.42. The van der Waals surface area contributed by atoms with Crippen molar-refractivity contribution < 1.29 is 9.47 Å². The second-order valence-electron chi connectivity index (χ2n) is 6.78. The van der Waals surface area contributed by atoms with Crippen molar-refractivity contribution in [3.63, 3.8) is 0 Å². The van der Waals surface area contributed by atoms with Gasteiger partial charge in [-0.3, -0.25) is 0 Å². The Balaban J connectivity index is 1.89. The minimum Gasteiger partial charge on any atom is -0.493 e. The van der Waals surface area contributed by atoms with Gasteiger partial charge in [0, 0.05) is 16.8 Å². The Kier molecular flexibility index (Phi) is 3.87. The summed E-state index contributed by atoms with van der Waals surface area (Å²) in [7, 11) is 3.30. The molecule has 1 aliphatic heterocycles. The standard InChI is InChI=1S/C21H23N3O2/c1-12-8-13(2)20-16(9-12)17-10-14(3)23-24(17)21(22-20)15-6-7-18(25-4)19(11-15)26-5/h6-11,21-22H,1-5H3/t21-/m0/s1. The fourth-order valence-electron chi connectivity index (χ4n) is 3.72. The molecule has 0 fully saturated rings. The molecule has 0 unspecified atom stereocenters. The summed E-state index contributed by atoms with van der Waals surface area (Å²) in [5.74, 6) is 1.43. The van der Waals surface area contributed by atoms with Gasteiger partial charge in [0.15, 0.2) is 11.5 Å². The number of rotatable bonds is 3. The maximum atomic E-state index is 5.49.